The highest BCUT2D eigenvalue weighted by molar-refractivity contribution is 5.79. The molecule has 108 valence electrons. The van der Waals surface area contributed by atoms with Gasteiger partial charge >= 0.3 is 5.97 Å². The monoisotopic (exact) mass is 277 g/mol. The number of hydrogen-bond donors (Lipinski definition) is 1. The van der Waals surface area contributed by atoms with Crippen LogP contribution in [-0.2, 0) is 14.3 Å². The van der Waals surface area contributed by atoms with E-state index >= 15 is 0 Å². The van der Waals surface area contributed by atoms with Gasteiger partial charge in [-0.3, -0.25) is 4.79 Å². The lowest BCUT2D eigenvalue weighted by Gasteiger charge is -2.31. The molecule has 0 aliphatic carbocycles. The van der Waals surface area contributed by atoms with E-state index in [2.05, 4.69) is 0 Å². The molecule has 1 aromatic carbocycles. The van der Waals surface area contributed by atoms with Crippen LogP contribution in [0.15, 0.2) is 30.3 Å². The molecule has 0 saturated carbocycles. The molecular formula is C15H19NO4. The molecule has 1 aliphatic rings. The van der Waals surface area contributed by atoms with Crippen molar-refractivity contribution in [1.29, 1.82) is 0 Å². The number of carbonyl (C=O) groups excluding carboxylic acids is 1. The van der Waals surface area contributed by atoms with Crippen molar-refractivity contribution in [1.82, 2.24) is 4.90 Å². The maximum absolute atomic E-state index is 12.2. The Bertz CT molecular complexity index is 474. The molecule has 0 spiro atoms. The average Bonchev–Trinajstić information content (AvgIpc) is 2.48. The molecule has 1 saturated heterocycles. The molecule has 0 unspecified atom stereocenters. The van der Waals surface area contributed by atoms with E-state index in [1.165, 1.54) is 0 Å². The first-order chi connectivity index (χ1) is 9.58. The standard InChI is InChI=1S/C15H19NO4/c1-11(12-5-3-2-4-6-12)9-14(17)16-7-8-20-13(10-16)15(18)19/h2-6,11,13H,7-10H2,1H3,(H,18,19)/t11-,13-/m1/s1. The molecule has 1 heterocycles. The van der Waals surface area contributed by atoms with Gasteiger partial charge in [0.15, 0.2) is 6.10 Å². The molecule has 1 N–H and O–H groups in total. The Balaban J connectivity index is 1.93. The molecule has 5 heteroatoms. The van der Waals surface area contributed by atoms with Crippen LogP contribution in [0.3, 0.4) is 0 Å². The number of morpholine rings is 1. The Morgan fingerprint density at radius 1 is 1.40 bits per heavy atom. The maximum Gasteiger partial charge on any atom is 0.334 e. The maximum atomic E-state index is 12.2. The van der Waals surface area contributed by atoms with Gasteiger partial charge in [-0.15, -0.1) is 0 Å². The number of carbonyl (C=O) groups is 2. The van der Waals surface area contributed by atoms with Crippen LogP contribution in [0.25, 0.3) is 0 Å². The Hall–Kier alpha value is -1.88. The molecule has 0 bridgehead atoms. The Kier molecular flexibility index (Phi) is 4.74. The number of aliphatic carboxylic acids is 1. The number of amides is 1. The van der Waals surface area contributed by atoms with Crippen LogP contribution in [0.4, 0.5) is 0 Å². The highest BCUT2D eigenvalue weighted by Crippen LogP contribution is 2.20. The van der Waals surface area contributed by atoms with E-state index in [-0.39, 0.29) is 25.0 Å². The molecule has 2 rings (SSSR count). The third kappa shape index (κ3) is 3.57. The first-order valence-corrected chi connectivity index (χ1v) is 6.75. The highest BCUT2D eigenvalue weighted by atomic mass is 16.5. The van der Waals surface area contributed by atoms with E-state index in [4.69, 9.17) is 9.84 Å². The van der Waals surface area contributed by atoms with E-state index in [0.717, 1.165) is 5.56 Å². The van der Waals surface area contributed by atoms with Gasteiger partial charge in [0.2, 0.25) is 5.91 Å². The fourth-order valence-corrected chi connectivity index (χ4v) is 2.32. The molecule has 0 aromatic heterocycles. The summed E-state index contributed by atoms with van der Waals surface area (Å²) in [6.45, 7) is 2.88. The van der Waals surface area contributed by atoms with Crippen LogP contribution >= 0.6 is 0 Å². The third-order valence-electron chi connectivity index (χ3n) is 3.54. The Labute approximate surface area is 118 Å². The van der Waals surface area contributed by atoms with Crippen LogP contribution in [-0.4, -0.2) is 47.7 Å². The van der Waals surface area contributed by atoms with Crippen molar-refractivity contribution < 1.29 is 19.4 Å². The van der Waals surface area contributed by atoms with Crippen molar-refractivity contribution >= 4 is 11.9 Å². The predicted octanol–water partition coefficient (Wildman–Crippen LogP) is 1.49. The summed E-state index contributed by atoms with van der Waals surface area (Å²) >= 11 is 0. The quantitative estimate of drug-likeness (QED) is 0.905. The summed E-state index contributed by atoms with van der Waals surface area (Å²) in [5.41, 5.74) is 1.11. The lowest BCUT2D eigenvalue weighted by molar-refractivity contribution is -0.159. The number of benzene rings is 1. The first-order valence-electron chi connectivity index (χ1n) is 6.75. The predicted molar refractivity (Wildman–Crippen MR) is 73.4 cm³/mol. The van der Waals surface area contributed by atoms with Gasteiger partial charge in [-0.05, 0) is 11.5 Å². The second kappa shape index (κ2) is 6.52. The van der Waals surface area contributed by atoms with Gasteiger partial charge < -0.3 is 14.7 Å². The van der Waals surface area contributed by atoms with E-state index in [1.54, 1.807) is 4.90 Å². The number of ether oxygens (including phenoxy) is 1. The summed E-state index contributed by atoms with van der Waals surface area (Å²) in [6, 6.07) is 9.84. The van der Waals surface area contributed by atoms with Gasteiger partial charge in [-0.25, -0.2) is 4.79 Å². The van der Waals surface area contributed by atoms with Crippen LogP contribution in [0.1, 0.15) is 24.8 Å². The fourth-order valence-electron chi connectivity index (χ4n) is 2.32. The molecular weight excluding hydrogens is 258 g/mol. The largest absolute Gasteiger partial charge is 0.479 e. The summed E-state index contributed by atoms with van der Waals surface area (Å²) in [5.74, 6) is -0.913. The molecule has 1 aliphatic heterocycles. The minimum atomic E-state index is -1.02. The lowest BCUT2D eigenvalue weighted by atomic mass is 9.97. The van der Waals surface area contributed by atoms with Crippen molar-refractivity contribution in [3.63, 3.8) is 0 Å². The SMILES string of the molecule is C[C@H](CC(=O)N1CCO[C@@H](C(=O)O)C1)c1ccccc1. The van der Waals surface area contributed by atoms with E-state index in [9.17, 15) is 9.59 Å². The summed E-state index contributed by atoms with van der Waals surface area (Å²) in [6.07, 6.45) is -0.518. The van der Waals surface area contributed by atoms with Crippen molar-refractivity contribution in [3.05, 3.63) is 35.9 Å². The zero-order valence-electron chi connectivity index (χ0n) is 11.5. The van der Waals surface area contributed by atoms with Crippen LogP contribution in [0.5, 0.6) is 0 Å². The van der Waals surface area contributed by atoms with E-state index < -0.39 is 12.1 Å². The minimum absolute atomic E-state index is 0.0177. The zero-order chi connectivity index (χ0) is 14.5. The molecule has 2 atom stereocenters. The third-order valence-corrected chi connectivity index (χ3v) is 3.54. The van der Waals surface area contributed by atoms with Crippen molar-refractivity contribution in [2.75, 3.05) is 19.7 Å². The highest BCUT2D eigenvalue weighted by Gasteiger charge is 2.29. The molecule has 5 nitrogen and oxygen atoms in total. The summed E-state index contributed by atoms with van der Waals surface area (Å²) < 4.78 is 5.12. The Morgan fingerprint density at radius 3 is 2.75 bits per heavy atom. The van der Waals surface area contributed by atoms with Gasteiger partial charge in [0.05, 0.1) is 13.2 Å². The fraction of sp³-hybridized carbons (Fsp3) is 0.467. The van der Waals surface area contributed by atoms with Crippen molar-refractivity contribution in [2.24, 2.45) is 0 Å². The minimum Gasteiger partial charge on any atom is -0.479 e. The first kappa shape index (κ1) is 14.5. The van der Waals surface area contributed by atoms with Gasteiger partial charge in [-0.2, -0.15) is 0 Å². The molecule has 1 aromatic rings. The summed E-state index contributed by atoms with van der Waals surface area (Å²) in [5, 5.41) is 8.93. The van der Waals surface area contributed by atoms with Crippen LogP contribution < -0.4 is 0 Å². The second-order valence-electron chi connectivity index (χ2n) is 5.05. The van der Waals surface area contributed by atoms with Gasteiger partial charge in [0.1, 0.15) is 0 Å². The number of nitrogens with zero attached hydrogens (tertiary/aromatic N) is 1. The van der Waals surface area contributed by atoms with E-state index in [1.807, 2.05) is 37.3 Å². The zero-order valence-corrected chi connectivity index (χ0v) is 11.5. The number of rotatable bonds is 4. The number of hydrogen-bond acceptors (Lipinski definition) is 3. The van der Waals surface area contributed by atoms with Crippen LogP contribution in [0, 0.1) is 0 Å². The molecule has 20 heavy (non-hydrogen) atoms. The van der Waals surface area contributed by atoms with Gasteiger partial charge in [0, 0.05) is 13.0 Å². The molecule has 1 amide bonds. The summed E-state index contributed by atoms with van der Waals surface area (Å²) in [7, 11) is 0. The smallest absolute Gasteiger partial charge is 0.334 e. The van der Waals surface area contributed by atoms with Crippen molar-refractivity contribution in [2.45, 2.75) is 25.4 Å². The second-order valence-corrected chi connectivity index (χ2v) is 5.05. The molecule has 1 fully saturated rings. The molecule has 0 radical (unpaired) electrons. The summed E-state index contributed by atoms with van der Waals surface area (Å²) in [4.78, 5) is 24.7. The number of carboxylic acid groups (broad SMARTS) is 1. The van der Waals surface area contributed by atoms with Gasteiger partial charge in [0.25, 0.3) is 0 Å². The van der Waals surface area contributed by atoms with Crippen molar-refractivity contribution in [3.8, 4) is 0 Å². The Morgan fingerprint density at radius 2 is 2.10 bits per heavy atom. The lowest BCUT2D eigenvalue weighted by Crippen LogP contribution is -2.48. The topological polar surface area (TPSA) is 66.8 Å². The van der Waals surface area contributed by atoms with Gasteiger partial charge in [-0.1, -0.05) is 37.3 Å². The van der Waals surface area contributed by atoms with Crippen LogP contribution in [0.2, 0.25) is 0 Å². The average molecular weight is 277 g/mol. The normalized spacial score (nSPS) is 20.4. The van der Waals surface area contributed by atoms with E-state index in [0.29, 0.717) is 13.0 Å². The number of carboxylic acids is 1.